The number of thiazole rings is 1. The Balaban J connectivity index is 1.47. The van der Waals surface area contributed by atoms with Crippen LogP contribution in [-0.4, -0.2) is 22.3 Å². The summed E-state index contributed by atoms with van der Waals surface area (Å²) < 4.78 is 0. The largest absolute Gasteiger partial charge is 0.351 e. The highest BCUT2D eigenvalue weighted by Crippen LogP contribution is 2.24. The van der Waals surface area contributed by atoms with Gasteiger partial charge in [-0.05, 0) is 19.8 Å². The van der Waals surface area contributed by atoms with Gasteiger partial charge < -0.3 is 10.6 Å². The van der Waals surface area contributed by atoms with E-state index in [0.717, 1.165) is 22.7 Å². The SMILES string of the molecule is CC1(CCC(=O)NCc2nc(-c3ccccc3)cs2)CCC(=O)N1. The lowest BCUT2D eigenvalue weighted by Crippen LogP contribution is -2.39. The number of hydrogen-bond donors (Lipinski definition) is 2. The molecule has 6 heteroatoms. The number of carbonyl (C=O) groups excluding carboxylic acids is 2. The van der Waals surface area contributed by atoms with E-state index in [-0.39, 0.29) is 17.4 Å². The number of nitrogens with zero attached hydrogens (tertiary/aromatic N) is 1. The molecule has 24 heavy (non-hydrogen) atoms. The van der Waals surface area contributed by atoms with Gasteiger partial charge in [-0.1, -0.05) is 30.3 Å². The van der Waals surface area contributed by atoms with E-state index in [9.17, 15) is 9.59 Å². The zero-order chi connectivity index (χ0) is 17.0. The lowest BCUT2D eigenvalue weighted by atomic mass is 9.94. The maximum Gasteiger partial charge on any atom is 0.220 e. The van der Waals surface area contributed by atoms with Crippen LogP contribution in [0.2, 0.25) is 0 Å². The summed E-state index contributed by atoms with van der Waals surface area (Å²) in [5.74, 6) is 0.0722. The topological polar surface area (TPSA) is 71.1 Å². The fourth-order valence-electron chi connectivity index (χ4n) is 2.82. The molecule has 1 aromatic carbocycles. The zero-order valence-electron chi connectivity index (χ0n) is 13.7. The molecule has 2 aromatic rings. The van der Waals surface area contributed by atoms with Crippen LogP contribution in [0.5, 0.6) is 0 Å². The smallest absolute Gasteiger partial charge is 0.220 e. The van der Waals surface area contributed by atoms with Gasteiger partial charge in [0, 0.05) is 29.3 Å². The molecule has 1 atom stereocenters. The normalized spacial score (nSPS) is 20.0. The first-order valence-corrected chi connectivity index (χ1v) is 9.00. The van der Waals surface area contributed by atoms with Gasteiger partial charge in [0.1, 0.15) is 5.01 Å². The molecule has 0 aliphatic carbocycles. The van der Waals surface area contributed by atoms with Crippen LogP contribution in [-0.2, 0) is 16.1 Å². The van der Waals surface area contributed by atoms with Crippen LogP contribution in [0, 0.1) is 0 Å². The van der Waals surface area contributed by atoms with Crippen LogP contribution in [0.1, 0.15) is 37.6 Å². The molecule has 2 N–H and O–H groups in total. The predicted molar refractivity (Wildman–Crippen MR) is 94.4 cm³/mol. The lowest BCUT2D eigenvalue weighted by molar-refractivity contribution is -0.122. The molecule has 1 saturated heterocycles. The van der Waals surface area contributed by atoms with Crippen LogP contribution >= 0.6 is 11.3 Å². The van der Waals surface area contributed by atoms with Crippen LogP contribution in [0.25, 0.3) is 11.3 Å². The molecule has 1 aliphatic rings. The van der Waals surface area contributed by atoms with Gasteiger partial charge in [-0.25, -0.2) is 4.98 Å². The Labute approximate surface area is 145 Å². The molecule has 2 heterocycles. The fraction of sp³-hybridized carbons (Fsp3) is 0.389. The quantitative estimate of drug-likeness (QED) is 0.847. The Hall–Kier alpha value is -2.21. The van der Waals surface area contributed by atoms with Crippen molar-refractivity contribution in [3.63, 3.8) is 0 Å². The molecule has 1 aliphatic heterocycles. The monoisotopic (exact) mass is 343 g/mol. The van der Waals surface area contributed by atoms with Gasteiger partial charge in [0.25, 0.3) is 0 Å². The van der Waals surface area contributed by atoms with Crippen molar-refractivity contribution < 1.29 is 9.59 Å². The van der Waals surface area contributed by atoms with E-state index in [2.05, 4.69) is 15.6 Å². The van der Waals surface area contributed by atoms with Crippen molar-refractivity contribution in [1.29, 1.82) is 0 Å². The highest BCUT2D eigenvalue weighted by atomic mass is 32.1. The first kappa shape index (κ1) is 16.6. The van der Waals surface area contributed by atoms with Gasteiger partial charge in [0.2, 0.25) is 11.8 Å². The number of rotatable bonds is 6. The van der Waals surface area contributed by atoms with Crippen molar-refractivity contribution in [3.8, 4) is 11.3 Å². The predicted octanol–water partition coefficient (Wildman–Crippen LogP) is 2.88. The van der Waals surface area contributed by atoms with Gasteiger partial charge in [0.15, 0.2) is 0 Å². The van der Waals surface area contributed by atoms with Crippen LogP contribution in [0.4, 0.5) is 0 Å². The van der Waals surface area contributed by atoms with Crippen molar-refractivity contribution in [2.24, 2.45) is 0 Å². The number of benzene rings is 1. The molecule has 0 radical (unpaired) electrons. The number of aromatic nitrogens is 1. The number of carbonyl (C=O) groups is 2. The molecule has 0 spiro atoms. The molecule has 1 fully saturated rings. The van der Waals surface area contributed by atoms with Gasteiger partial charge in [-0.2, -0.15) is 0 Å². The number of nitrogens with one attached hydrogen (secondary N) is 2. The maximum atomic E-state index is 12.0. The van der Waals surface area contributed by atoms with E-state index in [1.54, 1.807) is 11.3 Å². The maximum absolute atomic E-state index is 12.0. The highest BCUT2D eigenvalue weighted by molar-refractivity contribution is 7.09. The molecule has 0 bridgehead atoms. The summed E-state index contributed by atoms with van der Waals surface area (Å²) in [6.45, 7) is 2.44. The van der Waals surface area contributed by atoms with E-state index in [1.165, 1.54) is 0 Å². The first-order chi connectivity index (χ1) is 11.5. The summed E-state index contributed by atoms with van der Waals surface area (Å²) in [6, 6.07) is 9.99. The van der Waals surface area contributed by atoms with E-state index in [4.69, 9.17) is 0 Å². The van der Waals surface area contributed by atoms with Crippen LogP contribution < -0.4 is 10.6 Å². The van der Waals surface area contributed by atoms with E-state index in [0.29, 0.717) is 25.8 Å². The second-order valence-electron chi connectivity index (χ2n) is 6.38. The second-order valence-corrected chi connectivity index (χ2v) is 7.32. The van der Waals surface area contributed by atoms with Crippen molar-refractivity contribution in [2.45, 2.75) is 44.7 Å². The molecule has 2 amide bonds. The molecular formula is C18H21N3O2S. The number of hydrogen-bond acceptors (Lipinski definition) is 4. The summed E-state index contributed by atoms with van der Waals surface area (Å²) in [5, 5.41) is 8.76. The summed E-state index contributed by atoms with van der Waals surface area (Å²) in [4.78, 5) is 27.9. The Kier molecular flexibility index (Phi) is 4.94. The molecule has 0 saturated carbocycles. The second kappa shape index (κ2) is 7.13. The molecule has 1 aromatic heterocycles. The van der Waals surface area contributed by atoms with Crippen LogP contribution in [0.3, 0.4) is 0 Å². The molecule has 126 valence electrons. The molecule has 3 rings (SSSR count). The van der Waals surface area contributed by atoms with Gasteiger partial charge in [-0.15, -0.1) is 11.3 Å². The van der Waals surface area contributed by atoms with Crippen molar-refractivity contribution in [3.05, 3.63) is 40.7 Å². The molecule has 5 nitrogen and oxygen atoms in total. The van der Waals surface area contributed by atoms with E-state index < -0.39 is 0 Å². The zero-order valence-corrected chi connectivity index (χ0v) is 14.5. The Morgan fingerprint density at radius 2 is 2.17 bits per heavy atom. The minimum Gasteiger partial charge on any atom is -0.351 e. The highest BCUT2D eigenvalue weighted by Gasteiger charge is 2.32. The summed E-state index contributed by atoms with van der Waals surface area (Å²) in [7, 11) is 0. The van der Waals surface area contributed by atoms with Crippen molar-refractivity contribution >= 4 is 23.2 Å². The Morgan fingerprint density at radius 3 is 2.88 bits per heavy atom. The Morgan fingerprint density at radius 1 is 1.38 bits per heavy atom. The fourth-order valence-corrected chi connectivity index (χ4v) is 3.57. The van der Waals surface area contributed by atoms with Crippen molar-refractivity contribution in [2.75, 3.05) is 0 Å². The van der Waals surface area contributed by atoms with E-state index in [1.807, 2.05) is 42.6 Å². The third kappa shape index (κ3) is 4.20. The first-order valence-electron chi connectivity index (χ1n) is 8.12. The summed E-state index contributed by atoms with van der Waals surface area (Å²) >= 11 is 1.55. The summed E-state index contributed by atoms with van der Waals surface area (Å²) in [6.07, 6.45) is 2.43. The third-order valence-corrected chi connectivity index (χ3v) is 5.16. The Bertz CT molecular complexity index is 729. The molecular weight excluding hydrogens is 322 g/mol. The number of amides is 2. The van der Waals surface area contributed by atoms with Crippen LogP contribution in [0.15, 0.2) is 35.7 Å². The minimum absolute atomic E-state index is 0.00571. The average molecular weight is 343 g/mol. The minimum atomic E-state index is -0.240. The van der Waals surface area contributed by atoms with Gasteiger partial charge >= 0.3 is 0 Å². The van der Waals surface area contributed by atoms with Gasteiger partial charge in [0.05, 0.1) is 12.2 Å². The third-order valence-electron chi connectivity index (χ3n) is 4.31. The summed E-state index contributed by atoms with van der Waals surface area (Å²) in [5.41, 5.74) is 1.78. The van der Waals surface area contributed by atoms with Crippen molar-refractivity contribution in [1.82, 2.24) is 15.6 Å². The average Bonchev–Trinajstić information content (AvgIpc) is 3.19. The van der Waals surface area contributed by atoms with Gasteiger partial charge in [-0.3, -0.25) is 9.59 Å². The lowest BCUT2D eigenvalue weighted by Gasteiger charge is -2.23. The molecule has 1 unspecified atom stereocenters. The van der Waals surface area contributed by atoms with E-state index >= 15 is 0 Å². The standard InChI is InChI=1S/C18H21N3O2S/c1-18(10-8-16(23)21-18)9-7-15(22)19-11-17-20-14(12-24-17)13-5-3-2-4-6-13/h2-6,12H,7-11H2,1H3,(H,19,22)(H,21,23).